The number of piperazine rings is 2. The van der Waals surface area contributed by atoms with Gasteiger partial charge in [0.15, 0.2) is 0 Å². The second-order valence-electron chi connectivity index (χ2n) is 7.47. The number of hydrogen-bond donors (Lipinski definition) is 0. The lowest BCUT2D eigenvalue weighted by atomic mass is 10.2. The first kappa shape index (κ1) is 18.7. The molecule has 0 radical (unpaired) electrons. The molecule has 4 rings (SSSR count). The lowest BCUT2D eigenvalue weighted by Gasteiger charge is -2.37. The number of hydrogen-bond acceptors (Lipinski definition) is 5. The van der Waals surface area contributed by atoms with Gasteiger partial charge in [0.1, 0.15) is 5.82 Å². The van der Waals surface area contributed by atoms with Crippen molar-refractivity contribution < 1.29 is 4.79 Å². The van der Waals surface area contributed by atoms with E-state index in [1.54, 1.807) is 0 Å². The molecule has 2 aliphatic rings. The Bertz CT molecular complexity index is 738. The maximum atomic E-state index is 12.6. The molecule has 0 unspecified atom stereocenters. The lowest BCUT2D eigenvalue weighted by molar-refractivity contribution is -0.131. The van der Waals surface area contributed by atoms with Crippen molar-refractivity contribution in [2.75, 3.05) is 68.7 Å². The Morgan fingerprint density at radius 2 is 1.46 bits per heavy atom. The SMILES string of the molecule is O=C(CCN1CCN(c2ccccc2)CC1)N1CCN(c2ccccn2)CC1. The molecule has 28 heavy (non-hydrogen) atoms. The minimum absolute atomic E-state index is 0.283. The quantitative estimate of drug-likeness (QED) is 0.794. The van der Waals surface area contributed by atoms with Crippen LogP contribution in [0.3, 0.4) is 0 Å². The van der Waals surface area contributed by atoms with E-state index in [9.17, 15) is 4.79 Å². The summed E-state index contributed by atoms with van der Waals surface area (Å²) in [6.45, 7) is 8.26. The van der Waals surface area contributed by atoms with Crippen molar-refractivity contribution in [3.05, 3.63) is 54.7 Å². The molecule has 3 heterocycles. The van der Waals surface area contributed by atoms with E-state index < -0.39 is 0 Å². The van der Waals surface area contributed by atoms with Gasteiger partial charge in [-0.1, -0.05) is 24.3 Å². The molecule has 1 amide bonds. The van der Waals surface area contributed by atoms with Crippen molar-refractivity contribution in [1.82, 2.24) is 14.8 Å². The molecular weight excluding hydrogens is 350 g/mol. The normalized spacial score (nSPS) is 18.4. The highest BCUT2D eigenvalue weighted by molar-refractivity contribution is 5.76. The Balaban J connectivity index is 1.18. The Labute approximate surface area is 167 Å². The van der Waals surface area contributed by atoms with E-state index >= 15 is 0 Å². The van der Waals surface area contributed by atoms with E-state index in [0.29, 0.717) is 6.42 Å². The number of benzene rings is 1. The molecule has 2 aliphatic heterocycles. The molecule has 6 nitrogen and oxygen atoms in total. The molecule has 0 bridgehead atoms. The van der Waals surface area contributed by atoms with Crippen LogP contribution >= 0.6 is 0 Å². The third kappa shape index (κ3) is 4.62. The highest BCUT2D eigenvalue weighted by Gasteiger charge is 2.23. The van der Waals surface area contributed by atoms with Crippen LogP contribution in [0, 0.1) is 0 Å². The highest BCUT2D eigenvalue weighted by Crippen LogP contribution is 2.16. The van der Waals surface area contributed by atoms with Crippen LogP contribution in [-0.2, 0) is 4.79 Å². The van der Waals surface area contributed by atoms with E-state index in [1.807, 2.05) is 29.3 Å². The molecule has 0 saturated carbocycles. The van der Waals surface area contributed by atoms with Crippen LogP contribution in [0.2, 0.25) is 0 Å². The van der Waals surface area contributed by atoms with Gasteiger partial charge in [0, 0.05) is 77.2 Å². The van der Waals surface area contributed by atoms with Crippen molar-refractivity contribution in [3.63, 3.8) is 0 Å². The number of carbonyl (C=O) groups is 1. The van der Waals surface area contributed by atoms with Crippen LogP contribution in [0.1, 0.15) is 6.42 Å². The van der Waals surface area contributed by atoms with Crippen LogP contribution < -0.4 is 9.80 Å². The molecule has 0 N–H and O–H groups in total. The van der Waals surface area contributed by atoms with Gasteiger partial charge in [-0.3, -0.25) is 9.69 Å². The minimum Gasteiger partial charge on any atom is -0.369 e. The fraction of sp³-hybridized carbons (Fsp3) is 0.455. The van der Waals surface area contributed by atoms with Crippen LogP contribution in [-0.4, -0.2) is 79.6 Å². The fourth-order valence-corrected chi connectivity index (χ4v) is 4.01. The Morgan fingerprint density at radius 1 is 0.786 bits per heavy atom. The summed E-state index contributed by atoms with van der Waals surface area (Å²) in [5.74, 6) is 1.29. The summed E-state index contributed by atoms with van der Waals surface area (Å²) in [5, 5.41) is 0. The monoisotopic (exact) mass is 379 g/mol. The van der Waals surface area contributed by atoms with Crippen LogP contribution in [0.5, 0.6) is 0 Å². The van der Waals surface area contributed by atoms with E-state index in [-0.39, 0.29) is 5.91 Å². The first-order valence-electron chi connectivity index (χ1n) is 10.3. The predicted octanol–water partition coefficient (Wildman–Crippen LogP) is 1.94. The van der Waals surface area contributed by atoms with E-state index in [2.05, 4.69) is 50.0 Å². The number of aromatic nitrogens is 1. The second-order valence-corrected chi connectivity index (χ2v) is 7.47. The Morgan fingerprint density at radius 3 is 2.14 bits per heavy atom. The number of anilines is 2. The predicted molar refractivity (Wildman–Crippen MR) is 113 cm³/mol. The van der Waals surface area contributed by atoms with Crippen LogP contribution in [0.4, 0.5) is 11.5 Å². The number of pyridine rings is 1. The first-order chi connectivity index (χ1) is 13.8. The fourth-order valence-electron chi connectivity index (χ4n) is 4.01. The van der Waals surface area contributed by atoms with Crippen molar-refractivity contribution in [2.24, 2.45) is 0 Å². The summed E-state index contributed by atoms with van der Waals surface area (Å²) < 4.78 is 0. The number of para-hydroxylation sites is 1. The number of rotatable bonds is 5. The zero-order valence-corrected chi connectivity index (χ0v) is 16.4. The molecule has 1 aromatic carbocycles. The van der Waals surface area contributed by atoms with Gasteiger partial charge in [0.25, 0.3) is 0 Å². The molecule has 6 heteroatoms. The molecular formula is C22H29N5O. The van der Waals surface area contributed by atoms with Crippen molar-refractivity contribution in [2.45, 2.75) is 6.42 Å². The summed E-state index contributed by atoms with van der Waals surface area (Å²) in [5.41, 5.74) is 1.30. The smallest absolute Gasteiger partial charge is 0.223 e. The van der Waals surface area contributed by atoms with Gasteiger partial charge in [0.2, 0.25) is 5.91 Å². The van der Waals surface area contributed by atoms with Crippen molar-refractivity contribution >= 4 is 17.4 Å². The summed E-state index contributed by atoms with van der Waals surface area (Å²) >= 11 is 0. The van der Waals surface area contributed by atoms with Crippen LogP contribution in [0.25, 0.3) is 0 Å². The standard InChI is InChI=1S/C22H29N5O/c28-22(27-18-16-26(17-19-27)21-8-4-5-10-23-21)9-11-24-12-14-25(15-13-24)20-6-2-1-3-7-20/h1-8,10H,9,11-19H2. The molecule has 0 aliphatic carbocycles. The van der Waals surface area contributed by atoms with Gasteiger partial charge >= 0.3 is 0 Å². The maximum Gasteiger partial charge on any atom is 0.223 e. The van der Waals surface area contributed by atoms with E-state index in [4.69, 9.17) is 0 Å². The highest BCUT2D eigenvalue weighted by atomic mass is 16.2. The minimum atomic E-state index is 0.283. The molecule has 0 atom stereocenters. The number of amides is 1. The summed E-state index contributed by atoms with van der Waals surface area (Å²) in [6, 6.07) is 16.6. The molecule has 0 spiro atoms. The maximum absolute atomic E-state index is 12.6. The number of nitrogens with zero attached hydrogens (tertiary/aromatic N) is 5. The van der Waals surface area contributed by atoms with Crippen molar-refractivity contribution in [1.29, 1.82) is 0 Å². The van der Waals surface area contributed by atoms with Crippen molar-refractivity contribution in [3.8, 4) is 0 Å². The molecule has 2 fully saturated rings. The zero-order chi connectivity index (χ0) is 19.2. The molecule has 2 saturated heterocycles. The lowest BCUT2D eigenvalue weighted by Crippen LogP contribution is -2.50. The second kappa shape index (κ2) is 9.06. The molecule has 1 aromatic heterocycles. The van der Waals surface area contributed by atoms with Gasteiger partial charge in [-0.05, 0) is 24.3 Å². The van der Waals surface area contributed by atoms with Gasteiger partial charge in [-0.2, -0.15) is 0 Å². The van der Waals surface area contributed by atoms with Crippen LogP contribution in [0.15, 0.2) is 54.7 Å². The Kier molecular flexibility index (Phi) is 6.07. The Hall–Kier alpha value is -2.60. The van der Waals surface area contributed by atoms with Gasteiger partial charge < -0.3 is 14.7 Å². The average Bonchev–Trinajstić information content (AvgIpc) is 2.79. The summed E-state index contributed by atoms with van der Waals surface area (Å²) in [4.78, 5) is 26.1. The largest absolute Gasteiger partial charge is 0.369 e. The summed E-state index contributed by atoms with van der Waals surface area (Å²) in [6.07, 6.45) is 2.44. The third-order valence-corrected chi connectivity index (χ3v) is 5.74. The summed E-state index contributed by atoms with van der Waals surface area (Å²) in [7, 11) is 0. The first-order valence-corrected chi connectivity index (χ1v) is 10.3. The topological polar surface area (TPSA) is 42.9 Å². The van der Waals surface area contributed by atoms with E-state index in [1.165, 1.54) is 5.69 Å². The average molecular weight is 380 g/mol. The van der Waals surface area contributed by atoms with Gasteiger partial charge in [-0.15, -0.1) is 0 Å². The molecule has 2 aromatic rings. The van der Waals surface area contributed by atoms with E-state index in [0.717, 1.165) is 64.7 Å². The number of carbonyl (C=O) groups excluding carboxylic acids is 1. The van der Waals surface area contributed by atoms with Gasteiger partial charge in [-0.25, -0.2) is 4.98 Å². The molecule has 148 valence electrons. The third-order valence-electron chi connectivity index (χ3n) is 5.74. The zero-order valence-electron chi connectivity index (χ0n) is 16.4. The van der Waals surface area contributed by atoms with Gasteiger partial charge in [0.05, 0.1) is 0 Å².